The number of rotatable bonds is 31. The number of hydrogen-bond donors (Lipinski definition) is 3. The van der Waals surface area contributed by atoms with Gasteiger partial charge in [0.25, 0.3) is 0 Å². The Bertz CT molecular complexity index is 823. The van der Waals surface area contributed by atoms with Crippen molar-refractivity contribution in [3.05, 3.63) is 12.2 Å². The van der Waals surface area contributed by atoms with E-state index < -0.39 is 51.1 Å². The van der Waals surface area contributed by atoms with E-state index in [1.54, 1.807) is 0 Å². The van der Waals surface area contributed by atoms with Crippen LogP contribution in [0.15, 0.2) is 12.2 Å². The lowest BCUT2D eigenvalue weighted by molar-refractivity contribution is -0.160. The summed E-state index contributed by atoms with van der Waals surface area (Å²) < 4.78 is 31.4. The molecule has 0 aromatic heterocycles. The van der Waals surface area contributed by atoms with Crippen LogP contribution in [0.25, 0.3) is 0 Å². The Morgan fingerprint density at radius 2 is 1.18 bits per heavy atom. The maximum atomic E-state index is 12.2. The van der Waals surface area contributed by atoms with Gasteiger partial charge in [0.2, 0.25) is 0 Å². The van der Waals surface area contributed by atoms with Crippen LogP contribution in [0.2, 0.25) is 0 Å². The molecule has 0 bridgehead atoms. The highest BCUT2D eigenvalue weighted by Crippen LogP contribution is 2.43. The zero-order valence-corrected chi connectivity index (χ0v) is 28.2. The van der Waals surface area contributed by atoms with Crippen molar-refractivity contribution in [3.8, 4) is 0 Å². The molecule has 0 rings (SSSR count). The van der Waals surface area contributed by atoms with Gasteiger partial charge in [0.1, 0.15) is 12.6 Å². The summed E-state index contributed by atoms with van der Waals surface area (Å²) in [5.41, 5.74) is 5.23. The van der Waals surface area contributed by atoms with Crippen molar-refractivity contribution < 1.29 is 47.5 Å². The number of phosphoric ester groups is 1. The van der Waals surface area contributed by atoms with Crippen LogP contribution < -0.4 is 5.73 Å². The maximum Gasteiger partial charge on any atom is 0.472 e. The molecule has 12 heteroatoms. The third-order valence-corrected chi connectivity index (χ3v) is 8.02. The highest BCUT2D eigenvalue weighted by atomic mass is 31.2. The molecule has 0 aromatic carbocycles. The summed E-state index contributed by atoms with van der Waals surface area (Å²) in [6.07, 6.45) is 26.9. The lowest BCUT2D eigenvalue weighted by Gasteiger charge is -2.20. The number of esters is 2. The Morgan fingerprint density at radius 3 is 1.66 bits per heavy atom. The first-order valence-electron chi connectivity index (χ1n) is 16.7. The smallest absolute Gasteiger partial charge is 0.472 e. The van der Waals surface area contributed by atoms with Gasteiger partial charge in [-0.25, -0.2) is 4.57 Å². The van der Waals surface area contributed by atoms with Crippen LogP contribution >= 0.6 is 7.82 Å². The summed E-state index contributed by atoms with van der Waals surface area (Å²) in [5.74, 6) is -2.58. The van der Waals surface area contributed by atoms with Crippen molar-refractivity contribution in [1.82, 2.24) is 0 Å². The highest BCUT2D eigenvalue weighted by molar-refractivity contribution is 7.47. The Labute approximate surface area is 265 Å². The first-order valence-corrected chi connectivity index (χ1v) is 18.1. The molecule has 0 aliphatic carbocycles. The van der Waals surface area contributed by atoms with Crippen LogP contribution in [0.4, 0.5) is 0 Å². The van der Waals surface area contributed by atoms with E-state index in [0.29, 0.717) is 6.42 Å². The lowest BCUT2D eigenvalue weighted by atomic mass is 10.1. The van der Waals surface area contributed by atoms with Crippen molar-refractivity contribution in [3.63, 3.8) is 0 Å². The molecule has 0 spiro atoms. The molecule has 0 saturated heterocycles. The van der Waals surface area contributed by atoms with E-state index in [9.17, 15) is 23.8 Å². The van der Waals surface area contributed by atoms with Gasteiger partial charge in [-0.1, -0.05) is 109 Å². The van der Waals surface area contributed by atoms with Gasteiger partial charge in [0.05, 0.1) is 13.2 Å². The number of carboxylic acid groups (broad SMARTS) is 1. The van der Waals surface area contributed by atoms with Crippen molar-refractivity contribution in [2.24, 2.45) is 5.73 Å². The van der Waals surface area contributed by atoms with E-state index in [4.69, 9.17) is 24.8 Å². The van der Waals surface area contributed by atoms with Crippen molar-refractivity contribution in [2.75, 3.05) is 19.8 Å². The molecule has 4 N–H and O–H groups in total. The van der Waals surface area contributed by atoms with Gasteiger partial charge in [-0.05, 0) is 32.1 Å². The molecule has 0 radical (unpaired) electrons. The Hall–Kier alpha value is -1.78. The molecule has 44 heavy (non-hydrogen) atoms. The van der Waals surface area contributed by atoms with Gasteiger partial charge in [0.15, 0.2) is 6.10 Å². The van der Waals surface area contributed by atoms with E-state index in [-0.39, 0.29) is 13.0 Å². The Kier molecular flexibility index (Phi) is 27.5. The topological polar surface area (TPSA) is 172 Å². The molecule has 0 aromatic rings. The summed E-state index contributed by atoms with van der Waals surface area (Å²) in [4.78, 5) is 43.8. The second-order valence-corrected chi connectivity index (χ2v) is 12.8. The number of aliphatic carboxylic acids is 1. The molecule has 3 unspecified atom stereocenters. The fraction of sp³-hybridized carbons (Fsp3) is 0.844. The second kappa shape index (κ2) is 28.7. The van der Waals surface area contributed by atoms with Gasteiger partial charge in [-0.15, -0.1) is 0 Å². The number of nitrogens with two attached hydrogens (primary N) is 1. The fourth-order valence-electron chi connectivity index (χ4n) is 4.43. The highest BCUT2D eigenvalue weighted by Gasteiger charge is 2.27. The van der Waals surface area contributed by atoms with Crippen LogP contribution in [-0.4, -0.2) is 59.9 Å². The van der Waals surface area contributed by atoms with Crippen molar-refractivity contribution in [1.29, 1.82) is 0 Å². The number of allylic oxidation sites excluding steroid dienone is 2. The van der Waals surface area contributed by atoms with Crippen molar-refractivity contribution >= 4 is 25.7 Å². The van der Waals surface area contributed by atoms with E-state index in [2.05, 4.69) is 23.6 Å². The zero-order chi connectivity index (χ0) is 32.9. The van der Waals surface area contributed by atoms with E-state index in [0.717, 1.165) is 19.3 Å². The molecule has 0 fully saturated rings. The molecule has 0 aliphatic rings. The summed E-state index contributed by atoms with van der Waals surface area (Å²) >= 11 is 0. The van der Waals surface area contributed by atoms with Crippen LogP contribution in [0, 0.1) is 0 Å². The van der Waals surface area contributed by atoms with E-state index in [1.807, 2.05) is 0 Å². The molecule has 3 atom stereocenters. The standard InChI is InChI=1S/C32H60NO10P/c1-3-4-5-6-7-8-9-10-11-12-13-14-15-16-17-18-19-20-21-22-23-24-31(35)43-29(25-40-28(2)34)26-41-44(38,39)42-27-30(33)32(36)37/h12-13,29-30H,3-11,14-27,33H2,1-2H3,(H,36,37)(H,38,39)/b13-12-. The van der Waals surface area contributed by atoms with Gasteiger partial charge in [0, 0.05) is 13.3 Å². The fourth-order valence-corrected chi connectivity index (χ4v) is 5.21. The minimum absolute atomic E-state index is 0.157. The predicted octanol–water partition coefficient (Wildman–Crippen LogP) is 7.38. The molecular weight excluding hydrogens is 589 g/mol. The monoisotopic (exact) mass is 649 g/mol. The quantitative estimate of drug-likeness (QED) is 0.0296. The number of carbonyl (C=O) groups is 3. The first-order chi connectivity index (χ1) is 21.1. The molecule has 258 valence electrons. The SMILES string of the molecule is CCCCCCCCCC/C=C\CCCCCCCCCCCC(=O)OC(COC(C)=O)COP(=O)(O)OCC(N)C(=O)O. The summed E-state index contributed by atoms with van der Waals surface area (Å²) in [6.45, 7) is 1.71. The molecule has 0 saturated carbocycles. The lowest BCUT2D eigenvalue weighted by Crippen LogP contribution is -2.34. The van der Waals surface area contributed by atoms with Gasteiger partial charge < -0.3 is 25.2 Å². The summed E-state index contributed by atoms with van der Waals surface area (Å²) in [5, 5.41) is 8.73. The second-order valence-electron chi connectivity index (χ2n) is 11.4. The molecule has 0 heterocycles. The number of hydrogen-bond acceptors (Lipinski definition) is 9. The Balaban J connectivity index is 3.86. The van der Waals surface area contributed by atoms with Gasteiger partial charge >= 0.3 is 25.7 Å². The number of carbonyl (C=O) groups excluding carboxylic acids is 2. The molecule has 11 nitrogen and oxygen atoms in total. The maximum absolute atomic E-state index is 12.2. The minimum atomic E-state index is -4.67. The van der Waals surface area contributed by atoms with E-state index in [1.165, 1.54) is 103 Å². The van der Waals surface area contributed by atoms with Crippen LogP contribution in [0.3, 0.4) is 0 Å². The first kappa shape index (κ1) is 42.2. The van der Waals surface area contributed by atoms with Crippen LogP contribution in [0.1, 0.15) is 142 Å². The molecule has 0 amide bonds. The third kappa shape index (κ3) is 29.0. The van der Waals surface area contributed by atoms with Gasteiger partial charge in [-0.2, -0.15) is 0 Å². The normalized spacial score (nSPS) is 14.3. The zero-order valence-electron chi connectivity index (χ0n) is 27.3. The number of unbranched alkanes of at least 4 members (excludes halogenated alkanes) is 17. The summed E-state index contributed by atoms with van der Waals surface area (Å²) in [7, 11) is -4.67. The van der Waals surface area contributed by atoms with Gasteiger partial charge in [-0.3, -0.25) is 23.4 Å². The minimum Gasteiger partial charge on any atom is -0.480 e. The van der Waals surface area contributed by atoms with Crippen LogP contribution in [0.5, 0.6) is 0 Å². The number of ether oxygens (including phenoxy) is 2. The Morgan fingerprint density at radius 1 is 0.727 bits per heavy atom. The molecule has 0 aliphatic heterocycles. The average Bonchev–Trinajstić information content (AvgIpc) is 2.98. The summed E-state index contributed by atoms with van der Waals surface area (Å²) in [6, 6.07) is -1.51. The average molecular weight is 650 g/mol. The predicted molar refractivity (Wildman–Crippen MR) is 171 cm³/mol. The molecular formula is C32H60NO10P. The van der Waals surface area contributed by atoms with E-state index >= 15 is 0 Å². The third-order valence-electron chi connectivity index (χ3n) is 7.07. The van der Waals surface area contributed by atoms with Crippen molar-refractivity contribution in [2.45, 2.75) is 154 Å². The van der Waals surface area contributed by atoms with Crippen LogP contribution in [-0.2, 0) is 37.5 Å². The number of phosphoric acid groups is 1. The number of carboxylic acids is 1. The largest absolute Gasteiger partial charge is 0.480 e.